The average Bonchev–Trinajstić information content (AvgIpc) is 2.46. The number of anilines is 2. The Morgan fingerprint density at radius 3 is 2.64 bits per heavy atom. The number of unbranched alkanes of at least 4 members (excludes halogenated alkanes) is 3. The molecule has 0 radical (unpaired) electrons. The fourth-order valence-electron chi connectivity index (χ4n) is 2.25. The maximum atomic E-state index is 12.3. The summed E-state index contributed by atoms with van der Waals surface area (Å²) in [4.78, 5) is 6.43. The molecule has 0 aromatic heterocycles. The van der Waals surface area contributed by atoms with Gasteiger partial charge in [-0.2, -0.15) is 0 Å². The largest absolute Gasteiger partial charge is 0.378 e. The van der Waals surface area contributed by atoms with E-state index in [-0.39, 0.29) is 4.90 Å². The molecule has 1 aromatic carbocycles. The van der Waals surface area contributed by atoms with Crippen molar-refractivity contribution in [3.05, 3.63) is 18.2 Å². The van der Waals surface area contributed by atoms with Crippen LogP contribution in [0.1, 0.15) is 32.6 Å². The van der Waals surface area contributed by atoms with Crippen LogP contribution in [0.2, 0.25) is 0 Å². The van der Waals surface area contributed by atoms with E-state index in [0.29, 0.717) is 18.2 Å². The van der Waals surface area contributed by atoms with Gasteiger partial charge in [0.15, 0.2) is 0 Å². The van der Waals surface area contributed by atoms with E-state index in [4.69, 9.17) is 0 Å². The highest BCUT2D eigenvalue weighted by atomic mass is 32.2. The number of benzene rings is 1. The molecule has 0 saturated heterocycles. The van der Waals surface area contributed by atoms with E-state index in [1.807, 2.05) is 25.1 Å². The highest BCUT2D eigenvalue weighted by molar-refractivity contribution is 7.90. The van der Waals surface area contributed by atoms with E-state index < -0.39 is 10.0 Å². The van der Waals surface area contributed by atoms with Crippen molar-refractivity contribution in [1.29, 1.82) is 0 Å². The van der Waals surface area contributed by atoms with Crippen molar-refractivity contribution in [2.45, 2.75) is 37.5 Å². The summed E-state index contributed by atoms with van der Waals surface area (Å²) in [5.41, 5.74) is 1.41. The third-order valence-corrected chi connectivity index (χ3v) is 4.92. The zero-order chi connectivity index (χ0) is 16.2. The molecule has 0 saturated carbocycles. The average molecular weight is 324 g/mol. The fraction of sp³-hybridized carbons (Fsp3) is 0.533. The number of guanidine groups is 1. The van der Waals surface area contributed by atoms with Gasteiger partial charge in [0.2, 0.25) is 5.96 Å². The molecule has 1 aliphatic heterocycles. The predicted molar refractivity (Wildman–Crippen MR) is 91.2 cm³/mol. The van der Waals surface area contributed by atoms with Crippen LogP contribution in [-0.4, -0.2) is 35.0 Å². The molecule has 2 rings (SSSR count). The molecule has 1 aliphatic rings. The number of hydrogen-bond donors (Lipinski definition) is 2. The van der Waals surface area contributed by atoms with E-state index in [2.05, 4.69) is 22.0 Å². The van der Waals surface area contributed by atoms with E-state index >= 15 is 0 Å². The van der Waals surface area contributed by atoms with Crippen molar-refractivity contribution >= 4 is 27.4 Å². The zero-order valence-electron chi connectivity index (χ0n) is 13.4. The van der Waals surface area contributed by atoms with Gasteiger partial charge in [0.25, 0.3) is 10.0 Å². The molecule has 7 heteroatoms. The molecule has 22 heavy (non-hydrogen) atoms. The first-order chi connectivity index (χ1) is 10.4. The third kappa shape index (κ3) is 3.91. The monoisotopic (exact) mass is 324 g/mol. The standard InChI is InChI=1S/C15H24N4O2S/c1-4-5-6-7-10-16-15-17-13-9-8-12(19(2)3)11-14(13)22(20,21)18-15/h8-9,11H,4-7,10H2,1-3H3,(H2,16,17,18). The topological polar surface area (TPSA) is 73.8 Å². The maximum absolute atomic E-state index is 12.3. The number of nitrogens with zero attached hydrogens (tertiary/aromatic N) is 2. The van der Waals surface area contributed by atoms with Crippen LogP contribution < -0.4 is 14.9 Å². The molecule has 0 spiro atoms. The van der Waals surface area contributed by atoms with Crippen molar-refractivity contribution in [1.82, 2.24) is 4.72 Å². The maximum Gasteiger partial charge on any atom is 0.266 e. The molecule has 0 amide bonds. The van der Waals surface area contributed by atoms with Gasteiger partial charge in [-0.05, 0) is 24.6 Å². The first-order valence-corrected chi connectivity index (χ1v) is 9.08. The van der Waals surface area contributed by atoms with Crippen molar-refractivity contribution < 1.29 is 8.42 Å². The Labute approximate surface area is 132 Å². The number of sulfonamides is 1. The Hall–Kier alpha value is -1.76. The van der Waals surface area contributed by atoms with E-state index in [1.165, 1.54) is 12.8 Å². The molecule has 1 aromatic rings. The summed E-state index contributed by atoms with van der Waals surface area (Å²) in [6.07, 6.45) is 4.43. The van der Waals surface area contributed by atoms with E-state index in [0.717, 1.165) is 18.5 Å². The third-order valence-electron chi connectivity index (χ3n) is 3.54. The smallest absolute Gasteiger partial charge is 0.266 e. The Balaban J connectivity index is 2.15. The summed E-state index contributed by atoms with van der Waals surface area (Å²) in [5.74, 6) is 0.307. The van der Waals surface area contributed by atoms with Crippen molar-refractivity contribution in [2.24, 2.45) is 4.99 Å². The zero-order valence-corrected chi connectivity index (χ0v) is 14.2. The minimum Gasteiger partial charge on any atom is -0.378 e. The van der Waals surface area contributed by atoms with Gasteiger partial charge in [0.1, 0.15) is 4.90 Å². The molecular weight excluding hydrogens is 300 g/mol. The number of hydrogen-bond acceptors (Lipinski definition) is 4. The normalized spacial score (nSPS) is 17.5. The summed E-state index contributed by atoms with van der Waals surface area (Å²) in [7, 11) is 0.188. The van der Waals surface area contributed by atoms with Gasteiger partial charge in [0, 0.05) is 26.3 Å². The predicted octanol–water partition coefficient (Wildman–Crippen LogP) is 2.39. The molecular formula is C15H24N4O2S. The molecule has 1 heterocycles. The summed E-state index contributed by atoms with van der Waals surface area (Å²) in [5, 5.41) is 3.05. The Morgan fingerprint density at radius 2 is 1.95 bits per heavy atom. The van der Waals surface area contributed by atoms with Gasteiger partial charge in [-0.15, -0.1) is 0 Å². The molecule has 6 nitrogen and oxygen atoms in total. The van der Waals surface area contributed by atoms with Gasteiger partial charge in [-0.25, -0.2) is 13.1 Å². The number of fused-ring (bicyclic) bond motifs is 1. The van der Waals surface area contributed by atoms with Crippen LogP contribution in [0.15, 0.2) is 28.1 Å². The lowest BCUT2D eigenvalue weighted by Gasteiger charge is -2.23. The lowest BCUT2D eigenvalue weighted by Crippen LogP contribution is -2.41. The van der Waals surface area contributed by atoms with Crippen LogP contribution in [0.25, 0.3) is 0 Å². The molecule has 0 unspecified atom stereocenters. The molecule has 0 aliphatic carbocycles. The minimum absolute atomic E-state index is 0.253. The number of aliphatic imine (C=N–C) groups is 1. The minimum atomic E-state index is -3.56. The summed E-state index contributed by atoms with van der Waals surface area (Å²) in [6, 6.07) is 5.31. The summed E-state index contributed by atoms with van der Waals surface area (Å²) < 4.78 is 27.2. The number of rotatable bonds is 6. The summed E-state index contributed by atoms with van der Waals surface area (Å²) in [6.45, 7) is 2.78. The summed E-state index contributed by atoms with van der Waals surface area (Å²) >= 11 is 0. The van der Waals surface area contributed by atoms with Crippen LogP contribution >= 0.6 is 0 Å². The second kappa shape index (κ2) is 7.00. The SMILES string of the molecule is CCCCCCN=C1Nc2ccc(N(C)C)cc2S(=O)(=O)N1. The highest BCUT2D eigenvalue weighted by Crippen LogP contribution is 2.28. The van der Waals surface area contributed by atoms with Gasteiger partial charge in [-0.3, -0.25) is 4.99 Å². The van der Waals surface area contributed by atoms with Gasteiger partial charge < -0.3 is 10.2 Å². The Kier molecular flexibility index (Phi) is 5.28. The van der Waals surface area contributed by atoms with E-state index in [1.54, 1.807) is 12.1 Å². The molecule has 0 atom stereocenters. The van der Waals surface area contributed by atoms with Crippen LogP contribution in [0.4, 0.5) is 11.4 Å². The Morgan fingerprint density at radius 1 is 1.18 bits per heavy atom. The first kappa shape index (κ1) is 16.6. The van der Waals surface area contributed by atoms with E-state index in [9.17, 15) is 8.42 Å². The molecule has 2 N–H and O–H groups in total. The van der Waals surface area contributed by atoms with Gasteiger partial charge >= 0.3 is 0 Å². The second-order valence-electron chi connectivity index (χ2n) is 5.60. The van der Waals surface area contributed by atoms with Crippen LogP contribution in [0, 0.1) is 0 Å². The first-order valence-electron chi connectivity index (χ1n) is 7.59. The lowest BCUT2D eigenvalue weighted by molar-refractivity contribution is 0.591. The second-order valence-corrected chi connectivity index (χ2v) is 7.25. The molecule has 0 fully saturated rings. The Bertz CT molecular complexity index is 654. The van der Waals surface area contributed by atoms with Crippen molar-refractivity contribution in [2.75, 3.05) is 30.9 Å². The molecule has 122 valence electrons. The number of nitrogens with one attached hydrogen (secondary N) is 2. The highest BCUT2D eigenvalue weighted by Gasteiger charge is 2.26. The fourth-order valence-corrected chi connectivity index (χ4v) is 3.42. The van der Waals surface area contributed by atoms with Gasteiger partial charge in [0.05, 0.1) is 5.69 Å². The lowest BCUT2D eigenvalue weighted by atomic mass is 10.2. The quantitative estimate of drug-likeness (QED) is 0.788. The van der Waals surface area contributed by atoms with Crippen LogP contribution in [0.3, 0.4) is 0 Å². The van der Waals surface area contributed by atoms with Crippen LogP contribution in [-0.2, 0) is 10.0 Å². The van der Waals surface area contributed by atoms with Gasteiger partial charge in [-0.1, -0.05) is 26.2 Å². The van der Waals surface area contributed by atoms with Crippen molar-refractivity contribution in [3.63, 3.8) is 0 Å². The van der Waals surface area contributed by atoms with Crippen molar-refractivity contribution in [3.8, 4) is 0 Å². The van der Waals surface area contributed by atoms with Crippen LogP contribution in [0.5, 0.6) is 0 Å². The molecule has 0 bridgehead atoms.